The Morgan fingerprint density at radius 2 is 2.11 bits per heavy atom. The predicted octanol–water partition coefficient (Wildman–Crippen LogP) is 2.55. The second-order valence-corrected chi connectivity index (χ2v) is 3.92. The Morgan fingerprint density at radius 3 is 2.58 bits per heavy atom. The van der Waals surface area contributed by atoms with Gasteiger partial charge in [-0.25, -0.2) is 0 Å². The Kier molecular flexibility index (Phi) is 17.1. The van der Waals surface area contributed by atoms with Gasteiger partial charge in [-0.05, 0) is 44.3 Å². The van der Waals surface area contributed by atoms with E-state index in [1.54, 1.807) is 0 Å². The molecule has 1 atom stereocenters. The zero-order valence-electron chi connectivity index (χ0n) is 12.3. The van der Waals surface area contributed by atoms with Gasteiger partial charge in [-0.1, -0.05) is 18.6 Å². The SMILES string of the molecule is C=C.C=CCC/C(=C\NC/N=C/N)C(CC)CCN. The van der Waals surface area contributed by atoms with Crippen molar-refractivity contribution in [1.82, 2.24) is 5.32 Å². The van der Waals surface area contributed by atoms with Crippen molar-refractivity contribution in [2.45, 2.75) is 32.6 Å². The molecule has 110 valence electrons. The zero-order chi connectivity index (χ0) is 14.9. The summed E-state index contributed by atoms with van der Waals surface area (Å²) in [6.07, 6.45) is 9.47. The van der Waals surface area contributed by atoms with Gasteiger partial charge in [0.15, 0.2) is 0 Å². The number of nitrogens with one attached hydrogen (secondary N) is 1. The van der Waals surface area contributed by atoms with Crippen LogP contribution in [0, 0.1) is 5.92 Å². The van der Waals surface area contributed by atoms with Crippen LogP contribution < -0.4 is 16.8 Å². The molecule has 0 fully saturated rings. The molecule has 0 aliphatic heterocycles. The largest absolute Gasteiger partial charge is 0.390 e. The number of allylic oxidation sites excluding steroid dienone is 2. The minimum atomic E-state index is 0.521. The van der Waals surface area contributed by atoms with Crippen molar-refractivity contribution in [1.29, 1.82) is 0 Å². The molecule has 0 aliphatic rings. The zero-order valence-corrected chi connectivity index (χ0v) is 12.3. The quantitative estimate of drug-likeness (QED) is 0.246. The van der Waals surface area contributed by atoms with Crippen molar-refractivity contribution in [2.75, 3.05) is 13.2 Å². The summed E-state index contributed by atoms with van der Waals surface area (Å²) in [7, 11) is 0. The maximum Gasteiger partial charge on any atom is 0.109 e. The minimum absolute atomic E-state index is 0.521. The number of aliphatic imine (C=N–C) groups is 1. The molecule has 1 unspecified atom stereocenters. The molecule has 0 saturated carbocycles. The summed E-state index contributed by atoms with van der Waals surface area (Å²) in [6, 6.07) is 0. The maximum absolute atomic E-state index is 5.64. The molecule has 0 aliphatic carbocycles. The topological polar surface area (TPSA) is 76.4 Å². The van der Waals surface area contributed by atoms with Gasteiger partial charge in [0.1, 0.15) is 6.67 Å². The smallest absolute Gasteiger partial charge is 0.109 e. The van der Waals surface area contributed by atoms with Crippen LogP contribution in [0.25, 0.3) is 0 Å². The number of nitrogens with zero attached hydrogens (tertiary/aromatic N) is 1. The van der Waals surface area contributed by atoms with Gasteiger partial charge in [0, 0.05) is 0 Å². The summed E-state index contributed by atoms with van der Waals surface area (Å²) in [5.41, 5.74) is 12.2. The van der Waals surface area contributed by atoms with Gasteiger partial charge in [0.2, 0.25) is 0 Å². The van der Waals surface area contributed by atoms with Crippen LogP contribution in [-0.2, 0) is 0 Å². The van der Waals surface area contributed by atoms with Gasteiger partial charge >= 0.3 is 0 Å². The minimum Gasteiger partial charge on any atom is -0.390 e. The maximum atomic E-state index is 5.64. The van der Waals surface area contributed by atoms with Crippen LogP contribution in [-0.4, -0.2) is 19.6 Å². The van der Waals surface area contributed by atoms with Crippen LogP contribution >= 0.6 is 0 Å². The Bertz CT molecular complexity index is 259. The van der Waals surface area contributed by atoms with Crippen LogP contribution in [0.1, 0.15) is 32.6 Å². The molecule has 4 heteroatoms. The summed E-state index contributed by atoms with van der Waals surface area (Å²) in [6.45, 7) is 13.2. The van der Waals surface area contributed by atoms with Gasteiger partial charge < -0.3 is 16.8 Å². The monoisotopic (exact) mass is 266 g/mol. The van der Waals surface area contributed by atoms with Gasteiger partial charge in [-0.3, -0.25) is 4.99 Å². The second-order valence-electron chi connectivity index (χ2n) is 3.92. The van der Waals surface area contributed by atoms with Crippen molar-refractivity contribution in [3.05, 3.63) is 37.6 Å². The molecule has 0 aromatic carbocycles. The molecule has 0 heterocycles. The highest BCUT2D eigenvalue weighted by molar-refractivity contribution is 5.50. The van der Waals surface area contributed by atoms with E-state index >= 15 is 0 Å². The Labute approximate surface area is 118 Å². The number of hydrogen-bond donors (Lipinski definition) is 3. The van der Waals surface area contributed by atoms with Crippen molar-refractivity contribution in [2.24, 2.45) is 22.4 Å². The summed E-state index contributed by atoms with van der Waals surface area (Å²) < 4.78 is 0. The Balaban J connectivity index is 0. The lowest BCUT2D eigenvalue weighted by Crippen LogP contribution is -2.14. The Morgan fingerprint density at radius 1 is 1.42 bits per heavy atom. The first-order valence-corrected chi connectivity index (χ1v) is 6.73. The van der Waals surface area contributed by atoms with Gasteiger partial charge in [0.05, 0.1) is 6.34 Å². The molecule has 0 aromatic rings. The van der Waals surface area contributed by atoms with Crippen molar-refractivity contribution >= 4 is 6.34 Å². The van der Waals surface area contributed by atoms with E-state index in [1.165, 1.54) is 11.9 Å². The first kappa shape index (κ1) is 19.8. The molecule has 5 N–H and O–H groups in total. The van der Waals surface area contributed by atoms with E-state index in [4.69, 9.17) is 11.5 Å². The van der Waals surface area contributed by atoms with Crippen molar-refractivity contribution < 1.29 is 0 Å². The normalized spacial score (nSPS) is 12.6. The molecular formula is C15H30N4. The van der Waals surface area contributed by atoms with Crippen LogP contribution in [0.4, 0.5) is 0 Å². The van der Waals surface area contributed by atoms with Gasteiger partial charge in [-0.15, -0.1) is 19.7 Å². The third-order valence-corrected chi connectivity index (χ3v) is 2.74. The van der Waals surface area contributed by atoms with E-state index in [2.05, 4.69) is 43.2 Å². The van der Waals surface area contributed by atoms with Gasteiger partial charge in [0.25, 0.3) is 0 Å². The fourth-order valence-electron chi connectivity index (χ4n) is 1.80. The molecule has 0 amide bonds. The van der Waals surface area contributed by atoms with Crippen LogP contribution in [0.3, 0.4) is 0 Å². The summed E-state index contributed by atoms with van der Waals surface area (Å²) in [5, 5.41) is 3.15. The first-order valence-electron chi connectivity index (χ1n) is 6.73. The summed E-state index contributed by atoms with van der Waals surface area (Å²) >= 11 is 0. The van der Waals surface area contributed by atoms with Crippen molar-refractivity contribution in [3.63, 3.8) is 0 Å². The van der Waals surface area contributed by atoms with Crippen molar-refractivity contribution in [3.8, 4) is 0 Å². The lowest BCUT2D eigenvalue weighted by molar-refractivity contribution is 0.527. The molecule has 19 heavy (non-hydrogen) atoms. The Hall–Kier alpha value is -1.55. The highest BCUT2D eigenvalue weighted by atomic mass is 15.0. The second kappa shape index (κ2) is 16.4. The number of nitrogens with two attached hydrogens (primary N) is 2. The molecule has 0 aromatic heterocycles. The molecular weight excluding hydrogens is 236 g/mol. The predicted molar refractivity (Wildman–Crippen MR) is 86.9 cm³/mol. The molecule has 0 spiro atoms. The van der Waals surface area contributed by atoms with E-state index in [-0.39, 0.29) is 0 Å². The van der Waals surface area contributed by atoms with E-state index in [1.807, 2.05) is 6.08 Å². The average Bonchev–Trinajstić information content (AvgIpc) is 2.46. The van der Waals surface area contributed by atoms with E-state index in [0.29, 0.717) is 12.6 Å². The molecule has 0 rings (SSSR count). The highest BCUT2D eigenvalue weighted by Gasteiger charge is 2.10. The molecule has 0 bridgehead atoms. The van der Waals surface area contributed by atoms with E-state index < -0.39 is 0 Å². The number of hydrogen-bond acceptors (Lipinski definition) is 3. The van der Waals surface area contributed by atoms with Crippen LogP contribution in [0.5, 0.6) is 0 Å². The molecule has 4 nitrogen and oxygen atoms in total. The van der Waals surface area contributed by atoms with Crippen LogP contribution in [0.15, 0.2) is 42.6 Å². The number of rotatable bonds is 10. The highest BCUT2D eigenvalue weighted by Crippen LogP contribution is 2.22. The molecule has 0 radical (unpaired) electrons. The lowest BCUT2D eigenvalue weighted by atomic mass is 9.90. The summed E-state index contributed by atoms with van der Waals surface area (Å²) in [4.78, 5) is 3.91. The first-order chi connectivity index (χ1) is 9.29. The third-order valence-electron chi connectivity index (χ3n) is 2.74. The van der Waals surface area contributed by atoms with E-state index in [0.717, 1.165) is 32.2 Å². The standard InChI is InChI=1S/C13H26N4.C2H4/c1-3-5-6-13(9-16-11-17-10-15)12(4-2)7-8-14;1-2/h3,9-10,12,16H,1,4-8,11,14H2,2H3,(H2,15,17);1-2H2/b13-9+;. The summed E-state index contributed by atoms with van der Waals surface area (Å²) in [5.74, 6) is 0.550. The third kappa shape index (κ3) is 11.3. The van der Waals surface area contributed by atoms with Crippen LogP contribution in [0.2, 0.25) is 0 Å². The average molecular weight is 266 g/mol. The fraction of sp³-hybridized carbons (Fsp3) is 0.533. The fourth-order valence-corrected chi connectivity index (χ4v) is 1.80. The van der Waals surface area contributed by atoms with E-state index in [9.17, 15) is 0 Å². The molecule has 0 saturated heterocycles. The lowest BCUT2D eigenvalue weighted by Gasteiger charge is -2.18. The van der Waals surface area contributed by atoms with Gasteiger partial charge in [-0.2, -0.15) is 0 Å².